The minimum atomic E-state index is -3.51. The van der Waals surface area contributed by atoms with Crippen LogP contribution in [0.3, 0.4) is 0 Å². The summed E-state index contributed by atoms with van der Waals surface area (Å²) in [6, 6.07) is 12.4. The SMILES string of the molecule is Cc1c(Cl)cccc1N(CCCC(=O)Nc1ccccc1OC(C)C)S(C)(=O)=O. The monoisotopic (exact) mass is 438 g/mol. The number of rotatable bonds is 9. The van der Waals surface area contributed by atoms with Gasteiger partial charge < -0.3 is 10.1 Å². The van der Waals surface area contributed by atoms with Gasteiger partial charge >= 0.3 is 0 Å². The van der Waals surface area contributed by atoms with Crippen molar-refractivity contribution in [3.05, 3.63) is 53.1 Å². The Bertz CT molecular complexity index is 961. The number of hydrogen-bond acceptors (Lipinski definition) is 4. The molecule has 1 amide bonds. The number of sulfonamides is 1. The van der Waals surface area contributed by atoms with Gasteiger partial charge in [-0.2, -0.15) is 0 Å². The largest absolute Gasteiger partial charge is 0.489 e. The van der Waals surface area contributed by atoms with Gasteiger partial charge in [0.25, 0.3) is 0 Å². The maximum absolute atomic E-state index is 12.4. The van der Waals surface area contributed by atoms with Crippen LogP contribution in [0.4, 0.5) is 11.4 Å². The highest BCUT2D eigenvalue weighted by molar-refractivity contribution is 7.92. The van der Waals surface area contributed by atoms with Crippen LogP contribution >= 0.6 is 11.6 Å². The molecule has 0 aliphatic heterocycles. The number of amides is 1. The fourth-order valence-corrected chi connectivity index (χ4v) is 4.04. The van der Waals surface area contributed by atoms with Crippen molar-refractivity contribution in [2.75, 3.05) is 22.4 Å². The van der Waals surface area contributed by atoms with E-state index in [4.69, 9.17) is 16.3 Å². The summed E-state index contributed by atoms with van der Waals surface area (Å²) in [5.41, 5.74) is 1.80. The average molecular weight is 439 g/mol. The van der Waals surface area contributed by atoms with Crippen molar-refractivity contribution in [2.45, 2.75) is 39.7 Å². The molecule has 0 aliphatic rings. The van der Waals surface area contributed by atoms with Crippen molar-refractivity contribution in [3.63, 3.8) is 0 Å². The molecule has 158 valence electrons. The molecule has 0 atom stereocenters. The number of carbonyl (C=O) groups is 1. The Hall–Kier alpha value is -2.25. The molecule has 0 aromatic heterocycles. The number of anilines is 2. The van der Waals surface area contributed by atoms with E-state index in [0.29, 0.717) is 34.1 Å². The maximum Gasteiger partial charge on any atom is 0.232 e. The molecular weight excluding hydrogens is 412 g/mol. The second-order valence-corrected chi connectivity index (χ2v) is 9.35. The molecule has 6 nitrogen and oxygen atoms in total. The van der Waals surface area contributed by atoms with Crippen LogP contribution in [0.15, 0.2) is 42.5 Å². The Morgan fingerprint density at radius 1 is 1.17 bits per heavy atom. The lowest BCUT2D eigenvalue weighted by Gasteiger charge is -2.24. The van der Waals surface area contributed by atoms with Crippen LogP contribution in [-0.4, -0.2) is 33.2 Å². The summed E-state index contributed by atoms with van der Waals surface area (Å²) in [5.74, 6) is 0.393. The van der Waals surface area contributed by atoms with Crippen molar-refractivity contribution in [2.24, 2.45) is 0 Å². The summed E-state index contributed by atoms with van der Waals surface area (Å²) in [6.07, 6.45) is 1.66. The van der Waals surface area contributed by atoms with Gasteiger partial charge in [0, 0.05) is 18.0 Å². The second-order valence-electron chi connectivity index (χ2n) is 7.03. The molecule has 2 aromatic rings. The predicted molar refractivity (Wildman–Crippen MR) is 118 cm³/mol. The van der Waals surface area contributed by atoms with E-state index in [1.54, 1.807) is 37.3 Å². The number of benzene rings is 2. The first kappa shape index (κ1) is 23.0. The van der Waals surface area contributed by atoms with Gasteiger partial charge in [0.1, 0.15) is 5.75 Å². The molecular formula is C21H27ClN2O4S. The standard InChI is InChI=1S/C21H27ClN2O4S/c1-15(2)28-20-12-6-5-10-18(20)23-21(25)13-8-14-24(29(4,26)27)19-11-7-9-17(22)16(19)3/h5-7,9-12,15H,8,13-14H2,1-4H3,(H,23,25). The van der Waals surface area contributed by atoms with Gasteiger partial charge in [-0.3, -0.25) is 9.10 Å². The predicted octanol–water partition coefficient (Wildman–Crippen LogP) is 4.62. The van der Waals surface area contributed by atoms with E-state index in [2.05, 4.69) is 5.32 Å². The Morgan fingerprint density at radius 3 is 2.52 bits per heavy atom. The number of ether oxygens (including phenoxy) is 1. The zero-order chi connectivity index (χ0) is 21.6. The summed E-state index contributed by atoms with van der Waals surface area (Å²) in [5, 5.41) is 3.33. The van der Waals surface area contributed by atoms with Crippen LogP contribution in [0, 0.1) is 6.92 Å². The zero-order valence-corrected chi connectivity index (χ0v) is 18.7. The van der Waals surface area contributed by atoms with Gasteiger partial charge in [-0.05, 0) is 57.0 Å². The third kappa shape index (κ3) is 6.65. The molecule has 0 spiro atoms. The van der Waals surface area contributed by atoms with E-state index >= 15 is 0 Å². The molecule has 0 bridgehead atoms. The lowest BCUT2D eigenvalue weighted by atomic mass is 10.2. The molecule has 0 aliphatic carbocycles. The topological polar surface area (TPSA) is 75.7 Å². The number of halogens is 1. The summed E-state index contributed by atoms with van der Waals surface area (Å²) >= 11 is 6.14. The number of nitrogens with zero attached hydrogens (tertiary/aromatic N) is 1. The number of nitrogens with one attached hydrogen (secondary N) is 1. The summed E-state index contributed by atoms with van der Waals surface area (Å²) in [4.78, 5) is 12.4. The van der Waals surface area contributed by atoms with Crippen molar-refractivity contribution >= 4 is 38.9 Å². The van der Waals surface area contributed by atoms with Crippen LogP contribution in [-0.2, 0) is 14.8 Å². The lowest BCUT2D eigenvalue weighted by molar-refractivity contribution is -0.116. The molecule has 2 rings (SSSR count). The second kappa shape index (κ2) is 9.98. The molecule has 29 heavy (non-hydrogen) atoms. The fourth-order valence-electron chi connectivity index (χ4n) is 2.85. The normalized spacial score (nSPS) is 11.4. The van der Waals surface area contributed by atoms with E-state index in [1.165, 1.54) is 4.31 Å². The zero-order valence-electron chi connectivity index (χ0n) is 17.1. The summed E-state index contributed by atoms with van der Waals surface area (Å²) < 4.78 is 31.5. The van der Waals surface area contributed by atoms with Gasteiger partial charge in [0.2, 0.25) is 15.9 Å². The Kier molecular flexibility index (Phi) is 7.93. The summed E-state index contributed by atoms with van der Waals surface area (Å²) in [6.45, 7) is 5.78. The smallest absolute Gasteiger partial charge is 0.232 e. The van der Waals surface area contributed by atoms with E-state index in [9.17, 15) is 13.2 Å². The molecule has 0 fully saturated rings. The van der Waals surface area contributed by atoms with Gasteiger partial charge in [-0.1, -0.05) is 29.8 Å². The van der Waals surface area contributed by atoms with Crippen LogP contribution in [0.5, 0.6) is 5.75 Å². The van der Waals surface area contributed by atoms with Gasteiger partial charge in [-0.25, -0.2) is 8.42 Å². The molecule has 0 saturated heterocycles. The Labute approximate surface area is 177 Å². The number of carbonyl (C=O) groups excluding carboxylic acids is 1. The van der Waals surface area contributed by atoms with Crippen molar-refractivity contribution in [1.82, 2.24) is 0 Å². The quantitative estimate of drug-likeness (QED) is 0.619. The van der Waals surface area contributed by atoms with Crippen molar-refractivity contribution < 1.29 is 17.9 Å². The lowest BCUT2D eigenvalue weighted by Crippen LogP contribution is -2.32. The van der Waals surface area contributed by atoms with E-state index in [0.717, 1.165) is 6.26 Å². The number of para-hydroxylation sites is 2. The van der Waals surface area contributed by atoms with Crippen LogP contribution in [0.2, 0.25) is 5.02 Å². The molecule has 2 aromatic carbocycles. The molecule has 0 heterocycles. The van der Waals surface area contributed by atoms with E-state index in [-0.39, 0.29) is 25.0 Å². The third-order valence-electron chi connectivity index (χ3n) is 4.20. The third-order valence-corrected chi connectivity index (χ3v) is 5.79. The van der Waals surface area contributed by atoms with Gasteiger partial charge in [0.05, 0.1) is 23.7 Å². The van der Waals surface area contributed by atoms with Crippen LogP contribution in [0.25, 0.3) is 0 Å². The van der Waals surface area contributed by atoms with Crippen molar-refractivity contribution in [1.29, 1.82) is 0 Å². The first-order valence-corrected chi connectivity index (χ1v) is 11.6. The minimum Gasteiger partial charge on any atom is -0.489 e. The fraction of sp³-hybridized carbons (Fsp3) is 0.381. The van der Waals surface area contributed by atoms with Crippen LogP contribution in [0.1, 0.15) is 32.3 Å². The Morgan fingerprint density at radius 2 is 1.86 bits per heavy atom. The Balaban J connectivity index is 2.03. The van der Waals surface area contributed by atoms with Gasteiger partial charge in [-0.15, -0.1) is 0 Å². The highest BCUT2D eigenvalue weighted by Gasteiger charge is 2.20. The molecule has 0 saturated carbocycles. The minimum absolute atomic E-state index is 0.0164. The van der Waals surface area contributed by atoms with E-state index in [1.807, 2.05) is 26.0 Å². The van der Waals surface area contributed by atoms with Gasteiger partial charge in [0.15, 0.2) is 0 Å². The highest BCUT2D eigenvalue weighted by Crippen LogP contribution is 2.29. The first-order chi connectivity index (χ1) is 13.6. The molecule has 8 heteroatoms. The number of hydrogen-bond donors (Lipinski definition) is 1. The van der Waals surface area contributed by atoms with Crippen molar-refractivity contribution in [3.8, 4) is 5.75 Å². The molecule has 0 radical (unpaired) electrons. The average Bonchev–Trinajstić information content (AvgIpc) is 2.62. The molecule has 1 N–H and O–H groups in total. The first-order valence-electron chi connectivity index (χ1n) is 9.38. The highest BCUT2D eigenvalue weighted by atomic mass is 35.5. The summed E-state index contributed by atoms with van der Waals surface area (Å²) in [7, 11) is -3.51. The maximum atomic E-state index is 12.4. The molecule has 0 unspecified atom stereocenters. The van der Waals surface area contributed by atoms with E-state index < -0.39 is 10.0 Å². The van der Waals surface area contributed by atoms with Crippen LogP contribution < -0.4 is 14.4 Å².